The Morgan fingerprint density at radius 1 is 1.43 bits per heavy atom. The van der Waals surface area contributed by atoms with Gasteiger partial charge in [0.2, 0.25) is 0 Å². The molecule has 0 amide bonds. The van der Waals surface area contributed by atoms with Crippen molar-refractivity contribution in [3.63, 3.8) is 0 Å². The maximum atomic E-state index is 13.1. The van der Waals surface area contributed by atoms with Crippen LogP contribution in [-0.4, -0.2) is 5.33 Å². The summed E-state index contributed by atoms with van der Waals surface area (Å²) in [6.07, 6.45) is 0.773. The summed E-state index contributed by atoms with van der Waals surface area (Å²) in [7, 11) is 0. The van der Waals surface area contributed by atoms with Gasteiger partial charge in [0, 0.05) is 5.33 Å². The van der Waals surface area contributed by atoms with Crippen molar-refractivity contribution in [1.82, 2.24) is 0 Å². The predicted octanol–water partition coefficient (Wildman–Crippen LogP) is 4.44. The Labute approximate surface area is 97.6 Å². The van der Waals surface area contributed by atoms with Gasteiger partial charge in [-0.2, -0.15) is 0 Å². The maximum Gasteiger partial charge on any atom is 0.142 e. The zero-order valence-electron chi connectivity index (χ0n) is 8.28. The monoisotopic (exact) mass is 278 g/mol. The average Bonchev–Trinajstić information content (AvgIpc) is 2.13. The molecule has 0 spiro atoms. The van der Waals surface area contributed by atoms with Crippen LogP contribution in [0.25, 0.3) is 0 Å². The third-order valence-corrected chi connectivity index (χ3v) is 4.00. The van der Waals surface area contributed by atoms with Crippen LogP contribution >= 0.6 is 27.5 Å². The number of benzene rings is 1. The molecule has 0 aliphatic carbocycles. The van der Waals surface area contributed by atoms with E-state index in [4.69, 9.17) is 11.6 Å². The molecule has 0 saturated carbocycles. The summed E-state index contributed by atoms with van der Waals surface area (Å²) in [5, 5.41) is 1.12. The van der Waals surface area contributed by atoms with Gasteiger partial charge in [0.25, 0.3) is 0 Å². The molecule has 0 fully saturated rings. The van der Waals surface area contributed by atoms with Crippen LogP contribution in [-0.2, 0) is 6.42 Å². The Kier molecular flexibility index (Phi) is 3.96. The molecule has 1 aromatic carbocycles. The maximum absolute atomic E-state index is 13.1. The van der Waals surface area contributed by atoms with Gasteiger partial charge in [-0.15, -0.1) is 0 Å². The van der Waals surface area contributed by atoms with E-state index in [0.717, 1.165) is 17.3 Å². The number of hydrogen-bond acceptors (Lipinski definition) is 0. The van der Waals surface area contributed by atoms with Gasteiger partial charge >= 0.3 is 0 Å². The van der Waals surface area contributed by atoms with Crippen molar-refractivity contribution in [3.8, 4) is 0 Å². The summed E-state index contributed by atoms with van der Waals surface area (Å²) < 4.78 is 13.1. The first kappa shape index (κ1) is 12.0. The summed E-state index contributed by atoms with van der Waals surface area (Å²) in [6, 6.07) is 4.95. The van der Waals surface area contributed by atoms with Gasteiger partial charge in [0.15, 0.2) is 0 Å². The van der Waals surface area contributed by atoms with Crippen molar-refractivity contribution in [2.24, 2.45) is 5.41 Å². The lowest BCUT2D eigenvalue weighted by atomic mass is 9.88. The molecule has 0 atom stereocenters. The van der Waals surface area contributed by atoms with Gasteiger partial charge in [0.1, 0.15) is 5.82 Å². The van der Waals surface area contributed by atoms with Crippen molar-refractivity contribution < 1.29 is 4.39 Å². The van der Waals surface area contributed by atoms with Crippen LogP contribution in [0.5, 0.6) is 0 Å². The van der Waals surface area contributed by atoms with Crippen molar-refractivity contribution in [2.75, 3.05) is 5.33 Å². The van der Waals surface area contributed by atoms with Crippen molar-refractivity contribution in [2.45, 2.75) is 20.3 Å². The second-order valence-electron chi connectivity index (χ2n) is 4.19. The van der Waals surface area contributed by atoms with Gasteiger partial charge in [-0.3, -0.25) is 0 Å². The molecule has 0 aliphatic rings. The van der Waals surface area contributed by atoms with Crippen LogP contribution in [0.1, 0.15) is 19.4 Å². The fourth-order valence-electron chi connectivity index (χ4n) is 1.25. The van der Waals surface area contributed by atoms with Gasteiger partial charge < -0.3 is 0 Å². The second kappa shape index (κ2) is 4.63. The lowest BCUT2D eigenvalue weighted by molar-refractivity contribution is 0.424. The molecule has 0 bridgehead atoms. The number of alkyl halides is 1. The van der Waals surface area contributed by atoms with Crippen molar-refractivity contribution in [3.05, 3.63) is 34.6 Å². The molecule has 0 aliphatic heterocycles. The lowest BCUT2D eigenvalue weighted by Gasteiger charge is -2.22. The molecule has 1 rings (SSSR count). The van der Waals surface area contributed by atoms with Gasteiger partial charge in [0.05, 0.1) is 5.02 Å². The fraction of sp³-hybridized carbons (Fsp3) is 0.455. The minimum absolute atomic E-state index is 0.0947. The topological polar surface area (TPSA) is 0 Å². The molecule has 0 radical (unpaired) electrons. The van der Waals surface area contributed by atoms with Crippen LogP contribution in [0.3, 0.4) is 0 Å². The molecule has 0 unspecified atom stereocenters. The minimum Gasteiger partial charge on any atom is -0.205 e. The van der Waals surface area contributed by atoms with Crippen LogP contribution in [0.2, 0.25) is 5.02 Å². The van der Waals surface area contributed by atoms with E-state index in [1.807, 2.05) is 6.07 Å². The first-order chi connectivity index (χ1) is 6.46. The van der Waals surface area contributed by atoms with E-state index >= 15 is 0 Å². The molecular formula is C11H13BrClF. The van der Waals surface area contributed by atoms with E-state index in [-0.39, 0.29) is 16.3 Å². The van der Waals surface area contributed by atoms with E-state index in [1.54, 1.807) is 6.07 Å². The largest absolute Gasteiger partial charge is 0.205 e. The predicted molar refractivity (Wildman–Crippen MR) is 62.7 cm³/mol. The molecule has 1 aromatic rings. The Balaban J connectivity index is 2.92. The van der Waals surface area contributed by atoms with Crippen LogP contribution < -0.4 is 0 Å². The molecule has 0 heterocycles. The number of halogens is 3. The zero-order chi connectivity index (χ0) is 10.8. The van der Waals surface area contributed by atoms with E-state index in [2.05, 4.69) is 29.8 Å². The standard InChI is InChI=1S/C11H13BrClF/c1-11(2,7-12)6-8-4-3-5-9(14)10(8)13/h3-5H,6-7H2,1-2H3. The van der Waals surface area contributed by atoms with Crippen LogP contribution in [0.4, 0.5) is 4.39 Å². The average molecular weight is 280 g/mol. The zero-order valence-corrected chi connectivity index (χ0v) is 10.6. The number of hydrogen-bond donors (Lipinski definition) is 0. The summed E-state index contributed by atoms with van der Waals surface area (Å²) in [4.78, 5) is 0. The highest BCUT2D eigenvalue weighted by Gasteiger charge is 2.19. The third kappa shape index (κ3) is 2.96. The van der Waals surface area contributed by atoms with Gasteiger partial charge in [-0.25, -0.2) is 4.39 Å². The normalized spacial score (nSPS) is 11.8. The highest BCUT2D eigenvalue weighted by molar-refractivity contribution is 9.09. The molecule has 0 N–H and O–H groups in total. The van der Waals surface area contributed by atoms with E-state index in [0.29, 0.717) is 0 Å². The highest BCUT2D eigenvalue weighted by atomic mass is 79.9. The smallest absolute Gasteiger partial charge is 0.142 e. The second-order valence-corrected chi connectivity index (χ2v) is 5.13. The first-order valence-electron chi connectivity index (χ1n) is 4.45. The minimum atomic E-state index is -0.338. The molecule has 0 aromatic heterocycles. The van der Waals surface area contributed by atoms with Crippen molar-refractivity contribution in [1.29, 1.82) is 0 Å². The number of rotatable bonds is 3. The summed E-state index contributed by atoms with van der Waals surface area (Å²) in [5.74, 6) is -0.338. The quantitative estimate of drug-likeness (QED) is 0.718. The molecule has 78 valence electrons. The molecule has 3 heteroatoms. The van der Waals surface area contributed by atoms with E-state index in [9.17, 15) is 4.39 Å². The summed E-state index contributed by atoms with van der Waals surface area (Å²) >= 11 is 9.30. The highest BCUT2D eigenvalue weighted by Crippen LogP contribution is 2.29. The molecule has 0 nitrogen and oxygen atoms in total. The SMILES string of the molecule is CC(C)(CBr)Cc1cccc(F)c1Cl. The van der Waals surface area contributed by atoms with Gasteiger partial charge in [-0.05, 0) is 23.5 Å². The Bertz CT molecular complexity index is 323. The van der Waals surface area contributed by atoms with E-state index < -0.39 is 0 Å². The summed E-state index contributed by atoms with van der Waals surface area (Å²) in [5.41, 5.74) is 0.966. The third-order valence-electron chi connectivity index (χ3n) is 2.06. The Morgan fingerprint density at radius 2 is 2.07 bits per heavy atom. The fourth-order valence-corrected chi connectivity index (χ4v) is 1.64. The summed E-state index contributed by atoms with van der Waals surface area (Å²) in [6.45, 7) is 4.23. The Hall–Kier alpha value is -0.0800. The van der Waals surface area contributed by atoms with E-state index in [1.165, 1.54) is 6.07 Å². The van der Waals surface area contributed by atoms with Gasteiger partial charge in [-0.1, -0.05) is 53.5 Å². The van der Waals surface area contributed by atoms with Crippen LogP contribution in [0, 0.1) is 11.2 Å². The molecule has 0 saturated heterocycles. The Morgan fingerprint density at radius 3 is 2.64 bits per heavy atom. The van der Waals surface area contributed by atoms with Crippen LogP contribution in [0.15, 0.2) is 18.2 Å². The van der Waals surface area contributed by atoms with Crippen molar-refractivity contribution >= 4 is 27.5 Å². The first-order valence-corrected chi connectivity index (χ1v) is 5.95. The lowest BCUT2D eigenvalue weighted by Crippen LogP contribution is -2.16. The molecule has 14 heavy (non-hydrogen) atoms. The molecular weight excluding hydrogens is 266 g/mol.